The molecule has 3 aliphatic heterocycles. The van der Waals surface area contributed by atoms with E-state index >= 15 is 0 Å². The van der Waals surface area contributed by atoms with Crippen molar-refractivity contribution in [1.82, 2.24) is 10.2 Å². The Bertz CT molecular complexity index is 1560. The Hall–Kier alpha value is -3.55. The Kier molecular flexibility index (Phi) is 4.32. The van der Waals surface area contributed by atoms with E-state index in [1.165, 1.54) is 11.6 Å². The van der Waals surface area contributed by atoms with Crippen molar-refractivity contribution in [1.29, 1.82) is 0 Å². The van der Waals surface area contributed by atoms with Gasteiger partial charge in [-0.2, -0.15) is 0 Å². The number of hydrogen-bond acceptors (Lipinski definition) is 5. The molecule has 0 aromatic heterocycles. The van der Waals surface area contributed by atoms with Crippen molar-refractivity contribution in [2.45, 2.75) is 31.7 Å². The first-order valence-electron chi connectivity index (χ1n) is 14.1. The van der Waals surface area contributed by atoms with Gasteiger partial charge in [0.1, 0.15) is 6.02 Å². The van der Waals surface area contributed by atoms with E-state index < -0.39 is 36.5 Å². The van der Waals surface area contributed by atoms with Crippen molar-refractivity contribution in [3.8, 4) is 0 Å². The van der Waals surface area contributed by atoms with E-state index in [0.717, 1.165) is 44.0 Å². The van der Waals surface area contributed by atoms with E-state index in [1.54, 1.807) is 23.5 Å². The minimum Gasteiger partial charge on any atom is -0.379 e. The van der Waals surface area contributed by atoms with Gasteiger partial charge in [-0.1, -0.05) is 42.5 Å². The third-order valence-corrected chi connectivity index (χ3v) is 6.67. The lowest BCUT2D eigenvalue weighted by atomic mass is 9.95. The molecule has 7 nitrogen and oxygen atoms in total. The number of ether oxygens (including phenoxy) is 1. The van der Waals surface area contributed by atoms with Gasteiger partial charge in [-0.25, -0.2) is 0 Å². The number of carbonyl (C=O) groups excluding carboxylic acids is 3. The molecule has 0 spiro atoms. The fourth-order valence-corrected chi connectivity index (χ4v) is 4.94. The van der Waals surface area contributed by atoms with Crippen molar-refractivity contribution in [3.63, 3.8) is 0 Å². The number of carbonyl (C=O) groups is 3. The van der Waals surface area contributed by atoms with Crippen LogP contribution in [0.25, 0.3) is 10.8 Å². The molecule has 3 aliphatic rings. The number of imide groups is 1. The lowest BCUT2D eigenvalue weighted by Gasteiger charge is -2.30. The highest BCUT2D eigenvalue weighted by atomic mass is 16.5. The van der Waals surface area contributed by atoms with Crippen LogP contribution in [0.5, 0.6) is 0 Å². The SMILES string of the molecule is [2H]C1([2H])C(=O)NC(=O)C([2H])(N2C(=O)c3cccc4c(Cc5ccc(CN6CCOCC6)cc5)ccc2c34)C1([2H])[2H]. The molecular weight excluding hydrogens is 442 g/mol. The molecule has 3 heterocycles. The number of morpholine rings is 1. The molecule has 1 N–H and O–H groups in total. The van der Waals surface area contributed by atoms with Gasteiger partial charge in [0.15, 0.2) is 0 Å². The van der Waals surface area contributed by atoms with Crippen LogP contribution < -0.4 is 10.2 Å². The van der Waals surface area contributed by atoms with E-state index in [9.17, 15) is 14.4 Å². The third kappa shape index (κ3) is 4.00. The third-order valence-electron chi connectivity index (χ3n) is 6.67. The van der Waals surface area contributed by atoms with Gasteiger partial charge in [0, 0.05) is 42.4 Å². The molecule has 3 aromatic carbocycles. The summed E-state index contributed by atoms with van der Waals surface area (Å²) >= 11 is 0. The monoisotopic (exact) mass is 474 g/mol. The molecule has 1 unspecified atom stereocenters. The smallest absolute Gasteiger partial charge is 0.259 e. The molecule has 0 bridgehead atoms. The fourth-order valence-electron chi connectivity index (χ4n) is 4.94. The van der Waals surface area contributed by atoms with Crippen LogP contribution in [0.15, 0.2) is 54.6 Å². The summed E-state index contributed by atoms with van der Waals surface area (Å²) in [6.45, 7) is 4.14. The zero-order chi connectivity index (χ0) is 28.4. The molecule has 6 rings (SSSR count). The molecule has 2 fully saturated rings. The number of nitrogens with one attached hydrogen (secondary N) is 1. The second kappa shape index (κ2) is 8.91. The Morgan fingerprint density at radius 1 is 1.00 bits per heavy atom. The summed E-state index contributed by atoms with van der Waals surface area (Å²) in [6.07, 6.45) is -6.02. The molecule has 0 radical (unpaired) electrons. The standard InChI is InChI=1S/C28H27N3O4/c32-25-11-10-24(27(33)29-25)31-23-9-8-20(21-2-1-3-22(26(21)23)28(31)34)16-18-4-6-19(7-5-18)17-30-12-14-35-15-13-30/h1-9,24H,10-17H2,(H,29,32,33)/i10D2,11D2,24D. The van der Waals surface area contributed by atoms with Crippen LogP contribution in [-0.4, -0.2) is 54.9 Å². The first-order chi connectivity index (χ1) is 19.0. The van der Waals surface area contributed by atoms with Crippen LogP contribution in [0.3, 0.4) is 0 Å². The average Bonchev–Trinajstić information content (AvgIpc) is 3.23. The first kappa shape index (κ1) is 17.0. The topological polar surface area (TPSA) is 79.0 Å². The summed E-state index contributed by atoms with van der Waals surface area (Å²) in [6, 6.07) is 13.6. The second-order valence-electron chi connectivity index (χ2n) is 8.88. The highest BCUT2D eigenvalue weighted by Gasteiger charge is 2.40. The van der Waals surface area contributed by atoms with Gasteiger partial charge in [-0.05, 0) is 47.0 Å². The maximum Gasteiger partial charge on any atom is 0.259 e. The number of amides is 3. The normalized spacial score (nSPS) is 27.6. The molecule has 0 saturated carbocycles. The van der Waals surface area contributed by atoms with Gasteiger partial charge < -0.3 is 4.74 Å². The van der Waals surface area contributed by atoms with Crippen LogP contribution in [0.2, 0.25) is 0 Å². The van der Waals surface area contributed by atoms with Crippen molar-refractivity contribution >= 4 is 34.2 Å². The van der Waals surface area contributed by atoms with Crippen molar-refractivity contribution in [2.75, 3.05) is 31.2 Å². The predicted molar refractivity (Wildman–Crippen MR) is 132 cm³/mol. The van der Waals surface area contributed by atoms with Crippen molar-refractivity contribution in [2.24, 2.45) is 0 Å². The summed E-state index contributed by atoms with van der Waals surface area (Å²) in [5, 5.41) is 2.93. The van der Waals surface area contributed by atoms with Gasteiger partial charge in [0.25, 0.3) is 5.91 Å². The summed E-state index contributed by atoms with van der Waals surface area (Å²) in [5.74, 6) is -3.68. The first-order valence-corrected chi connectivity index (χ1v) is 11.6. The van der Waals surface area contributed by atoms with Crippen LogP contribution in [-0.2, 0) is 27.3 Å². The highest BCUT2D eigenvalue weighted by molar-refractivity contribution is 6.27. The van der Waals surface area contributed by atoms with Crippen LogP contribution >= 0.6 is 0 Å². The largest absolute Gasteiger partial charge is 0.379 e. The molecule has 3 amide bonds. The molecule has 35 heavy (non-hydrogen) atoms. The summed E-state index contributed by atoms with van der Waals surface area (Å²) in [5.41, 5.74) is 3.46. The van der Waals surface area contributed by atoms with E-state index in [4.69, 9.17) is 11.6 Å². The minimum atomic E-state index is -3.34. The molecular formula is C28H27N3O4. The lowest BCUT2D eigenvalue weighted by Crippen LogP contribution is -2.53. The van der Waals surface area contributed by atoms with Gasteiger partial charge in [0.05, 0.1) is 20.3 Å². The Balaban J connectivity index is 1.35. The van der Waals surface area contributed by atoms with Gasteiger partial charge in [-0.3, -0.25) is 29.5 Å². The predicted octanol–water partition coefficient (Wildman–Crippen LogP) is 3.03. The van der Waals surface area contributed by atoms with Crippen molar-refractivity contribution < 1.29 is 26.0 Å². The van der Waals surface area contributed by atoms with E-state index in [0.29, 0.717) is 22.1 Å². The Morgan fingerprint density at radius 2 is 1.77 bits per heavy atom. The van der Waals surface area contributed by atoms with E-state index in [1.807, 2.05) is 6.07 Å². The number of nitrogens with zero attached hydrogens (tertiary/aromatic N) is 2. The van der Waals surface area contributed by atoms with Gasteiger partial charge >= 0.3 is 0 Å². The highest BCUT2D eigenvalue weighted by Crippen LogP contribution is 2.41. The number of anilines is 1. The number of piperidine rings is 1. The molecule has 7 heteroatoms. The number of rotatable bonds is 5. The van der Waals surface area contributed by atoms with Crippen LogP contribution in [0.1, 0.15) is 46.6 Å². The van der Waals surface area contributed by atoms with Crippen molar-refractivity contribution in [3.05, 3.63) is 76.9 Å². The summed E-state index contributed by atoms with van der Waals surface area (Å²) in [4.78, 5) is 41.8. The number of benzene rings is 3. The maximum absolute atomic E-state index is 13.6. The molecule has 1 atom stereocenters. The fraction of sp³-hybridized carbons (Fsp3) is 0.321. The maximum atomic E-state index is 13.6. The minimum absolute atomic E-state index is 0.124. The van der Waals surface area contributed by atoms with E-state index in [-0.39, 0.29) is 11.3 Å². The lowest BCUT2D eigenvalue weighted by molar-refractivity contribution is -0.134. The summed E-state index contributed by atoms with van der Waals surface area (Å²) in [7, 11) is 0. The second-order valence-corrected chi connectivity index (χ2v) is 8.88. The zero-order valence-corrected chi connectivity index (χ0v) is 19.0. The molecule has 178 valence electrons. The van der Waals surface area contributed by atoms with Gasteiger partial charge in [-0.15, -0.1) is 0 Å². The van der Waals surface area contributed by atoms with Crippen LogP contribution in [0.4, 0.5) is 5.69 Å². The summed E-state index contributed by atoms with van der Waals surface area (Å²) < 4.78 is 47.2. The molecule has 0 aliphatic carbocycles. The quantitative estimate of drug-likeness (QED) is 0.575. The zero-order valence-electron chi connectivity index (χ0n) is 24.0. The van der Waals surface area contributed by atoms with E-state index in [2.05, 4.69) is 29.2 Å². The Labute approximate surface area is 210 Å². The molecule has 3 aromatic rings. The number of hydrogen-bond donors (Lipinski definition) is 1. The van der Waals surface area contributed by atoms with Gasteiger partial charge in [0.2, 0.25) is 11.8 Å². The van der Waals surface area contributed by atoms with Crippen LogP contribution in [0, 0.1) is 0 Å². The average molecular weight is 475 g/mol. The Morgan fingerprint density at radius 3 is 2.57 bits per heavy atom. The molecule has 2 saturated heterocycles.